The summed E-state index contributed by atoms with van der Waals surface area (Å²) < 4.78 is 0. The lowest BCUT2D eigenvalue weighted by atomic mass is 9.30. The molecule has 5 aliphatic carbocycles. The number of fused-ring (bicyclic) bond motifs is 7. The summed E-state index contributed by atoms with van der Waals surface area (Å²) in [5.74, 6) is 3.27. The van der Waals surface area contributed by atoms with Crippen molar-refractivity contribution in [3.05, 3.63) is 0 Å². The molecule has 5 rings (SSSR count). The van der Waals surface area contributed by atoms with Gasteiger partial charge in [-0.2, -0.15) is 0 Å². The predicted octanol–water partition coefficient (Wildman–Crippen LogP) is 8.46. The molecule has 0 N–H and O–H groups in total. The molecule has 5 saturated carbocycles. The van der Waals surface area contributed by atoms with E-state index in [1.807, 2.05) is 0 Å². The third-order valence-corrected chi connectivity index (χ3v) is 13.7. The largest absolute Gasteiger partial charge is 0.299 e. The van der Waals surface area contributed by atoms with Crippen LogP contribution in [0, 0.1) is 56.2 Å². The lowest BCUT2D eigenvalue weighted by molar-refractivity contribution is -0.256. The molecule has 9 atom stereocenters. The molecule has 0 spiro atoms. The number of Topliss-reactive ketones (excluding diaryl/α,β-unsaturated/α-hetero) is 1. The minimum atomic E-state index is 0.237. The number of carbonyl (C=O) groups excluding carboxylic acids is 1. The van der Waals surface area contributed by atoms with Gasteiger partial charge >= 0.3 is 0 Å². The maximum atomic E-state index is 12.7. The fourth-order valence-corrected chi connectivity index (χ4v) is 11.2. The van der Waals surface area contributed by atoms with Gasteiger partial charge in [0.1, 0.15) is 5.78 Å². The normalized spacial score (nSPS) is 58.5. The molecule has 5 aliphatic rings. The van der Waals surface area contributed by atoms with Crippen LogP contribution in [0.2, 0.25) is 0 Å². The standard InChI is InChI=1S/C30H50O/c1-20-21(31)9-10-22-27(20,5)12-11-23-28(22,6)16-18-30(8)24-19-25(2,3)13-14-26(24,4)15-17-29(23,30)7/h20,22-24H,9-19H2,1-8H3/t20-,22+,23-,24+,26-,27+,28-,29+,30+/m1/s1. The molecule has 5 fully saturated rings. The van der Waals surface area contributed by atoms with Crippen molar-refractivity contribution in [2.24, 2.45) is 56.2 Å². The maximum Gasteiger partial charge on any atom is 0.136 e. The van der Waals surface area contributed by atoms with Gasteiger partial charge in [0.15, 0.2) is 0 Å². The van der Waals surface area contributed by atoms with Crippen molar-refractivity contribution in [1.29, 1.82) is 0 Å². The fourth-order valence-electron chi connectivity index (χ4n) is 11.2. The molecule has 0 radical (unpaired) electrons. The summed E-state index contributed by atoms with van der Waals surface area (Å²) in [5, 5.41) is 0. The van der Waals surface area contributed by atoms with E-state index in [4.69, 9.17) is 0 Å². The topological polar surface area (TPSA) is 17.1 Å². The third kappa shape index (κ3) is 2.70. The first-order valence-electron chi connectivity index (χ1n) is 13.7. The minimum Gasteiger partial charge on any atom is -0.299 e. The van der Waals surface area contributed by atoms with Gasteiger partial charge in [0.25, 0.3) is 0 Å². The van der Waals surface area contributed by atoms with E-state index in [0.717, 1.165) is 30.6 Å². The number of hydrogen-bond acceptors (Lipinski definition) is 1. The summed E-state index contributed by atoms with van der Waals surface area (Å²) in [4.78, 5) is 12.7. The van der Waals surface area contributed by atoms with Crippen LogP contribution in [0.25, 0.3) is 0 Å². The molecule has 176 valence electrons. The average molecular weight is 427 g/mol. The molecule has 0 saturated heterocycles. The Morgan fingerprint density at radius 3 is 1.97 bits per heavy atom. The lowest BCUT2D eigenvalue weighted by Gasteiger charge is -2.74. The highest BCUT2D eigenvalue weighted by Gasteiger charge is 2.70. The van der Waals surface area contributed by atoms with Gasteiger partial charge < -0.3 is 0 Å². The molecule has 1 nitrogen and oxygen atoms in total. The molecule has 31 heavy (non-hydrogen) atoms. The van der Waals surface area contributed by atoms with Crippen LogP contribution in [0.1, 0.15) is 126 Å². The predicted molar refractivity (Wildman–Crippen MR) is 130 cm³/mol. The second kappa shape index (κ2) is 6.41. The Balaban J connectivity index is 1.55. The first kappa shape index (κ1) is 22.5. The smallest absolute Gasteiger partial charge is 0.136 e. The Morgan fingerprint density at radius 2 is 1.26 bits per heavy atom. The van der Waals surface area contributed by atoms with Crippen molar-refractivity contribution < 1.29 is 4.79 Å². The lowest BCUT2D eigenvalue weighted by Crippen LogP contribution is -2.67. The molecule has 0 bridgehead atoms. The van der Waals surface area contributed by atoms with Gasteiger partial charge in [0.05, 0.1) is 0 Å². The van der Waals surface area contributed by atoms with Gasteiger partial charge in [-0.3, -0.25) is 4.79 Å². The van der Waals surface area contributed by atoms with Crippen LogP contribution in [-0.2, 0) is 4.79 Å². The van der Waals surface area contributed by atoms with Crippen LogP contribution in [0.5, 0.6) is 0 Å². The third-order valence-electron chi connectivity index (χ3n) is 13.7. The van der Waals surface area contributed by atoms with Gasteiger partial charge in [-0.05, 0) is 114 Å². The second-order valence-electron chi connectivity index (χ2n) is 15.3. The Morgan fingerprint density at radius 1 is 0.645 bits per heavy atom. The van der Waals surface area contributed by atoms with Gasteiger partial charge in [-0.1, -0.05) is 55.4 Å². The zero-order valence-corrected chi connectivity index (χ0v) is 22.0. The summed E-state index contributed by atoms with van der Waals surface area (Å²) in [6, 6.07) is 0. The first-order chi connectivity index (χ1) is 14.2. The summed E-state index contributed by atoms with van der Waals surface area (Å²) in [6.45, 7) is 20.7. The summed E-state index contributed by atoms with van der Waals surface area (Å²) in [5.41, 5.74) is 2.67. The molecule has 0 amide bonds. The number of hydrogen-bond donors (Lipinski definition) is 0. The van der Waals surface area contributed by atoms with Crippen molar-refractivity contribution in [3.8, 4) is 0 Å². The van der Waals surface area contributed by atoms with Crippen molar-refractivity contribution in [2.75, 3.05) is 0 Å². The van der Waals surface area contributed by atoms with Gasteiger partial charge in [-0.15, -0.1) is 0 Å². The highest BCUT2D eigenvalue weighted by Crippen LogP contribution is 2.78. The Hall–Kier alpha value is -0.330. The van der Waals surface area contributed by atoms with E-state index in [0.29, 0.717) is 32.9 Å². The maximum absolute atomic E-state index is 12.7. The van der Waals surface area contributed by atoms with E-state index in [9.17, 15) is 4.79 Å². The van der Waals surface area contributed by atoms with Crippen LogP contribution in [0.4, 0.5) is 0 Å². The van der Waals surface area contributed by atoms with Crippen LogP contribution in [-0.4, -0.2) is 5.78 Å². The van der Waals surface area contributed by atoms with Crippen LogP contribution in [0.3, 0.4) is 0 Å². The summed E-state index contributed by atoms with van der Waals surface area (Å²) >= 11 is 0. The van der Waals surface area contributed by atoms with E-state index in [2.05, 4.69) is 55.4 Å². The molecule has 0 aromatic rings. The van der Waals surface area contributed by atoms with Crippen molar-refractivity contribution >= 4 is 5.78 Å². The van der Waals surface area contributed by atoms with Gasteiger partial charge in [-0.25, -0.2) is 0 Å². The van der Waals surface area contributed by atoms with E-state index in [-0.39, 0.29) is 11.3 Å². The average Bonchev–Trinajstić information content (AvgIpc) is 2.69. The molecule has 1 heteroatoms. The van der Waals surface area contributed by atoms with E-state index in [1.165, 1.54) is 57.8 Å². The fraction of sp³-hybridized carbons (Fsp3) is 0.967. The highest BCUT2D eigenvalue weighted by molar-refractivity contribution is 5.82. The zero-order valence-electron chi connectivity index (χ0n) is 22.0. The van der Waals surface area contributed by atoms with Crippen LogP contribution >= 0.6 is 0 Å². The van der Waals surface area contributed by atoms with Gasteiger partial charge in [0, 0.05) is 12.3 Å². The van der Waals surface area contributed by atoms with Crippen LogP contribution in [0.15, 0.2) is 0 Å². The SMILES string of the molecule is C[C@@H]1C(=O)CC[C@H]2[C@@]1(C)CC[C@@H]1[C@]2(C)CC[C@@]2(C)[C@H]3CC(C)(C)CC[C@]3(C)CC[C@@]12C. The van der Waals surface area contributed by atoms with E-state index < -0.39 is 0 Å². The molecular formula is C30H50O. The molecule has 0 unspecified atom stereocenters. The number of carbonyl (C=O) groups is 1. The molecule has 0 aromatic carbocycles. The van der Waals surface area contributed by atoms with Crippen molar-refractivity contribution in [2.45, 2.75) is 126 Å². The highest BCUT2D eigenvalue weighted by atomic mass is 16.1. The summed E-state index contributed by atoms with van der Waals surface area (Å²) in [6.07, 6.45) is 14.6. The quantitative estimate of drug-likeness (QED) is 0.379. The van der Waals surface area contributed by atoms with E-state index >= 15 is 0 Å². The van der Waals surface area contributed by atoms with Gasteiger partial charge in [0.2, 0.25) is 0 Å². The van der Waals surface area contributed by atoms with Crippen LogP contribution < -0.4 is 0 Å². The number of ketones is 1. The van der Waals surface area contributed by atoms with E-state index in [1.54, 1.807) is 0 Å². The monoisotopic (exact) mass is 426 g/mol. The Kier molecular flexibility index (Phi) is 4.65. The molecular weight excluding hydrogens is 376 g/mol. The zero-order chi connectivity index (χ0) is 22.7. The first-order valence-corrected chi connectivity index (χ1v) is 13.7. The summed E-state index contributed by atoms with van der Waals surface area (Å²) in [7, 11) is 0. The Labute approximate surface area is 192 Å². The van der Waals surface area contributed by atoms with Crippen molar-refractivity contribution in [1.82, 2.24) is 0 Å². The Bertz CT molecular complexity index is 781. The van der Waals surface area contributed by atoms with Crippen molar-refractivity contribution in [3.63, 3.8) is 0 Å². The number of rotatable bonds is 0. The second-order valence-corrected chi connectivity index (χ2v) is 15.3. The molecule has 0 aromatic heterocycles. The molecule has 0 aliphatic heterocycles. The molecule has 0 heterocycles. The minimum absolute atomic E-state index is 0.237.